The lowest BCUT2D eigenvalue weighted by Gasteiger charge is -2.17. The SMILES string of the molecule is C=C1CCC(C(=C)C(C)C)N1. The highest BCUT2D eigenvalue weighted by Gasteiger charge is 2.20. The van der Waals surface area contributed by atoms with Crippen molar-refractivity contribution in [3.63, 3.8) is 0 Å². The first-order chi connectivity index (χ1) is 5.11. The molecule has 1 aliphatic heterocycles. The number of nitrogens with one attached hydrogen (secondary N) is 1. The van der Waals surface area contributed by atoms with Gasteiger partial charge >= 0.3 is 0 Å². The van der Waals surface area contributed by atoms with E-state index in [1.807, 2.05) is 0 Å². The van der Waals surface area contributed by atoms with Crippen molar-refractivity contribution in [2.75, 3.05) is 0 Å². The molecule has 1 rings (SSSR count). The molecular formula is C10H17N. The molecule has 0 aromatic rings. The van der Waals surface area contributed by atoms with Crippen LogP contribution in [0, 0.1) is 5.92 Å². The van der Waals surface area contributed by atoms with Gasteiger partial charge in [0.15, 0.2) is 0 Å². The van der Waals surface area contributed by atoms with Gasteiger partial charge in [-0.25, -0.2) is 0 Å². The maximum atomic E-state index is 4.07. The van der Waals surface area contributed by atoms with Crippen molar-refractivity contribution in [3.8, 4) is 0 Å². The molecule has 0 bridgehead atoms. The molecule has 62 valence electrons. The fourth-order valence-electron chi connectivity index (χ4n) is 1.39. The van der Waals surface area contributed by atoms with E-state index in [0.29, 0.717) is 12.0 Å². The van der Waals surface area contributed by atoms with Crippen LogP contribution in [0.1, 0.15) is 26.7 Å². The zero-order chi connectivity index (χ0) is 8.43. The largest absolute Gasteiger partial charge is 0.382 e. The second-order valence-corrected chi connectivity index (χ2v) is 3.57. The molecule has 1 aliphatic rings. The maximum Gasteiger partial charge on any atom is 0.0474 e. The monoisotopic (exact) mass is 151 g/mol. The normalized spacial score (nSPS) is 23.9. The second kappa shape index (κ2) is 3.12. The molecule has 1 N–H and O–H groups in total. The predicted molar refractivity (Wildman–Crippen MR) is 49.3 cm³/mol. The zero-order valence-corrected chi connectivity index (χ0v) is 7.48. The van der Waals surface area contributed by atoms with Gasteiger partial charge in [0.05, 0.1) is 0 Å². The van der Waals surface area contributed by atoms with E-state index >= 15 is 0 Å². The van der Waals surface area contributed by atoms with Crippen LogP contribution in [0.5, 0.6) is 0 Å². The lowest BCUT2D eigenvalue weighted by atomic mass is 9.97. The zero-order valence-electron chi connectivity index (χ0n) is 7.48. The van der Waals surface area contributed by atoms with Gasteiger partial charge in [0.25, 0.3) is 0 Å². The van der Waals surface area contributed by atoms with Crippen LogP contribution in [0.15, 0.2) is 24.4 Å². The molecule has 1 heteroatoms. The van der Waals surface area contributed by atoms with E-state index < -0.39 is 0 Å². The van der Waals surface area contributed by atoms with Gasteiger partial charge in [-0.2, -0.15) is 0 Å². The first-order valence-electron chi connectivity index (χ1n) is 4.24. The van der Waals surface area contributed by atoms with Crippen molar-refractivity contribution in [1.82, 2.24) is 5.32 Å². The van der Waals surface area contributed by atoms with Crippen LogP contribution in [0.2, 0.25) is 0 Å². The summed E-state index contributed by atoms with van der Waals surface area (Å²) in [4.78, 5) is 0. The van der Waals surface area contributed by atoms with Crippen LogP contribution in [0.25, 0.3) is 0 Å². The summed E-state index contributed by atoms with van der Waals surface area (Å²) in [5.74, 6) is 0.582. The number of hydrogen-bond donors (Lipinski definition) is 1. The Morgan fingerprint density at radius 2 is 2.27 bits per heavy atom. The summed E-state index contributed by atoms with van der Waals surface area (Å²) in [6, 6.07) is 0.488. The Labute approximate surface area is 69.2 Å². The quantitative estimate of drug-likeness (QED) is 0.598. The van der Waals surface area contributed by atoms with E-state index in [-0.39, 0.29) is 0 Å². The minimum Gasteiger partial charge on any atom is -0.382 e. The molecule has 11 heavy (non-hydrogen) atoms. The summed E-state index contributed by atoms with van der Waals surface area (Å²) < 4.78 is 0. The van der Waals surface area contributed by atoms with E-state index in [0.717, 1.165) is 12.1 Å². The van der Waals surface area contributed by atoms with Crippen molar-refractivity contribution in [2.45, 2.75) is 32.7 Å². The van der Waals surface area contributed by atoms with Gasteiger partial charge < -0.3 is 5.32 Å². The molecule has 1 nitrogen and oxygen atoms in total. The lowest BCUT2D eigenvalue weighted by molar-refractivity contribution is 0.611. The molecule has 1 saturated heterocycles. The molecule has 1 fully saturated rings. The van der Waals surface area contributed by atoms with Crippen LogP contribution in [0.3, 0.4) is 0 Å². The van der Waals surface area contributed by atoms with E-state index in [2.05, 4.69) is 32.3 Å². The highest BCUT2D eigenvalue weighted by molar-refractivity contribution is 5.16. The maximum absolute atomic E-state index is 4.07. The molecule has 1 heterocycles. The summed E-state index contributed by atoms with van der Waals surface area (Å²) in [5.41, 5.74) is 2.47. The third-order valence-corrected chi connectivity index (χ3v) is 2.30. The predicted octanol–water partition coefficient (Wildman–Crippen LogP) is 2.46. The molecule has 1 unspecified atom stereocenters. The van der Waals surface area contributed by atoms with E-state index in [9.17, 15) is 0 Å². The van der Waals surface area contributed by atoms with Crippen molar-refractivity contribution < 1.29 is 0 Å². The highest BCUT2D eigenvalue weighted by Crippen LogP contribution is 2.23. The molecule has 0 aromatic carbocycles. The summed E-state index contributed by atoms with van der Waals surface area (Å²) in [7, 11) is 0. The van der Waals surface area contributed by atoms with E-state index in [1.54, 1.807) is 0 Å². The topological polar surface area (TPSA) is 12.0 Å². The average Bonchev–Trinajstić information content (AvgIpc) is 2.34. The number of allylic oxidation sites excluding steroid dienone is 1. The Kier molecular flexibility index (Phi) is 2.38. The molecule has 0 saturated carbocycles. The molecular weight excluding hydrogens is 134 g/mol. The van der Waals surface area contributed by atoms with Crippen molar-refractivity contribution in [2.24, 2.45) is 5.92 Å². The smallest absolute Gasteiger partial charge is 0.0474 e. The fourth-order valence-corrected chi connectivity index (χ4v) is 1.39. The molecule has 1 atom stereocenters. The Morgan fingerprint density at radius 3 is 2.64 bits per heavy atom. The average molecular weight is 151 g/mol. The molecule has 0 aromatic heterocycles. The molecule has 0 amide bonds. The van der Waals surface area contributed by atoms with Gasteiger partial charge in [0.1, 0.15) is 0 Å². The van der Waals surface area contributed by atoms with Crippen molar-refractivity contribution >= 4 is 0 Å². The van der Waals surface area contributed by atoms with Gasteiger partial charge in [-0.15, -0.1) is 0 Å². The standard InChI is InChI=1S/C10H17N/c1-7(2)9(4)10-6-5-8(3)11-10/h7,10-11H,3-6H2,1-2H3. The second-order valence-electron chi connectivity index (χ2n) is 3.57. The summed E-state index contributed by atoms with van der Waals surface area (Å²) in [5, 5.41) is 3.34. The van der Waals surface area contributed by atoms with Crippen LogP contribution in [-0.2, 0) is 0 Å². The van der Waals surface area contributed by atoms with Crippen molar-refractivity contribution in [3.05, 3.63) is 24.4 Å². The Bertz CT molecular complexity index is 179. The third-order valence-electron chi connectivity index (χ3n) is 2.30. The number of rotatable bonds is 2. The fraction of sp³-hybridized carbons (Fsp3) is 0.600. The third kappa shape index (κ3) is 1.86. The Balaban J connectivity index is 2.50. The minimum absolute atomic E-state index is 0.488. The summed E-state index contributed by atoms with van der Waals surface area (Å²) in [6.07, 6.45) is 2.28. The van der Waals surface area contributed by atoms with Crippen LogP contribution in [-0.4, -0.2) is 6.04 Å². The van der Waals surface area contributed by atoms with E-state index in [4.69, 9.17) is 0 Å². The molecule has 0 radical (unpaired) electrons. The van der Waals surface area contributed by atoms with Gasteiger partial charge in [0, 0.05) is 11.7 Å². The molecule has 0 aliphatic carbocycles. The van der Waals surface area contributed by atoms with Crippen molar-refractivity contribution in [1.29, 1.82) is 0 Å². The van der Waals surface area contributed by atoms with Crippen LogP contribution in [0.4, 0.5) is 0 Å². The lowest BCUT2D eigenvalue weighted by Crippen LogP contribution is -2.24. The summed E-state index contributed by atoms with van der Waals surface area (Å²) in [6.45, 7) is 12.3. The van der Waals surface area contributed by atoms with Gasteiger partial charge in [-0.3, -0.25) is 0 Å². The first kappa shape index (κ1) is 8.38. The Morgan fingerprint density at radius 1 is 1.64 bits per heavy atom. The molecule has 0 spiro atoms. The summed E-state index contributed by atoms with van der Waals surface area (Å²) >= 11 is 0. The Hall–Kier alpha value is -0.720. The highest BCUT2D eigenvalue weighted by atomic mass is 15.0. The van der Waals surface area contributed by atoms with Crippen LogP contribution < -0.4 is 5.32 Å². The van der Waals surface area contributed by atoms with E-state index in [1.165, 1.54) is 12.0 Å². The minimum atomic E-state index is 0.488. The van der Waals surface area contributed by atoms with Gasteiger partial charge in [-0.05, 0) is 18.8 Å². The van der Waals surface area contributed by atoms with Crippen LogP contribution >= 0.6 is 0 Å². The van der Waals surface area contributed by atoms with Gasteiger partial charge in [0.2, 0.25) is 0 Å². The van der Waals surface area contributed by atoms with Gasteiger partial charge in [-0.1, -0.05) is 32.6 Å². The number of hydrogen-bond acceptors (Lipinski definition) is 1. The first-order valence-corrected chi connectivity index (χ1v) is 4.24.